The van der Waals surface area contributed by atoms with Gasteiger partial charge in [-0.2, -0.15) is 0 Å². The van der Waals surface area contributed by atoms with Gasteiger partial charge in [0.25, 0.3) is 0 Å². The van der Waals surface area contributed by atoms with Crippen molar-refractivity contribution in [2.75, 3.05) is 33.2 Å². The molecule has 0 unspecified atom stereocenters. The molecule has 0 fully saturated rings. The van der Waals surface area contributed by atoms with Gasteiger partial charge in [0.2, 0.25) is 0 Å². The molecule has 0 atom stereocenters. The largest absolute Gasteiger partial charge is 0.500 e. The van der Waals surface area contributed by atoms with Crippen LogP contribution in [0.2, 0.25) is 6.04 Å². The Morgan fingerprint density at radius 1 is 0.523 bits per heavy atom. The van der Waals surface area contributed by atoms with E-state index in [2.05, 4.69) is 155 Å². The number of pyridine rings is 3. The van der Waals surface area contributed by atoms with Crippen LogP contribution >= 0.6 is 12.2 Å². The van der Waals surface area contributed by atoms with Crippen LogP contribution in [-0.2, 0) is 34.4 Å². The Bertz CT molecular complexity index is 3070. The van der Waals surface area contributed by atoms with Crippen molar-refractivity contribution in [3.05, 3.63) is 145 Å². The molecule has 8 heterocycles. The van der Waals surface area contributed by atoms with E-state index in [0.29, 0.717) is 17.7 Å². The highest BCUT2D eigenvalue weighted by atomic mass is 32.1. The first-order valence-corrected chi connectivity index (χ1v) is 23.8. The molecule has 0 saturated heterocycles. The molecule has 9 rings (SSSR count). The second-order valence-corrected chi connectivity index (χ2v) is 19.6. The van der Waals surface area contributed by atoms with Crippen molar-refractivity contribution in [2.24, 2.45) is 21.1 Å². The van der Waals surface area contributed by atoms with E-state index < -0.39 is 8.80 Å². The predicted molar refractivity (Wildman–Crippen MR) is 265 cm³/mol. The molecule has 0 amide bonds. The molecule has 1 aromatic carbocycles. The molecule has 2 aliphatic heterocycles. The summed E-state index contributed by atoms with van der Waals surface area (Å²) in [5, 5.41) is 7.18. The SMILES string of the molecule is CO[Si](CCCNC(=S)Nc1ccc(-c2c3nc(c(-c4cc[n+](C)cc4)c4ccc([nH]4)c(-c4cc[n+](C)cc4)c4nc(c(-c5cc[n+](C)cc5)c5ccc2[nH]5)C=C4)C=C3)cc1)(OC)OC. The van der Waals surface area contributed by atoms with Gasteiger partial charge >= 0.3 is 8.80 Å². The molecular formula is C51H52N9O3SSi+3. The van der Waals surface area contributed by atoms with Crippen LogP contribution < -0.4 is 24.3 Å². The summed E-state index contributed by atoms with van der Waals surface area (Å²) in [5.41, 5.74) is 16.1. The van der Waals surface area contributed by atoms with Gasteiger partial charge in [-0.3, -0.25) is 0 Å². The number of hydrogen-bond acceptors (Lipinski definition) is 6. The number of H-pyrrole nitrogens is 2. The Morgan fingerprint density at radius 2 is 0.862 bits per heavy atom. The van der Waals surface area contributed by atoms with Crippen LogP contribution in [0.4, 0.5) is 5.69 Å². The van der Waals surface area contributed by atoms with Gasteiger partial charge in [0.1, 0.15) is 21.1 Å². The van der Waals surface area contributed by atoms with Crippen molar-refractivity contribution in [1.29, 1.82) is 0 Å². The fraction of sp³-hybridized carbons (Fsp3) is 0.176. The lowest BCUT2D eigenvalue weighted by molar-refractivity contribution is -0.671. The normalized spacial score (nSPS) is 12.2. The molecule has 14 heteroatoms. The Hall–Kier alpha value is -6.94. The molecule has 0 spiro atoms. The molecule has 2 aliphatic rings. The number of aryl methyl sites for hydroxylation is 3. The van der Waals surface area contributed by atoms with Gasteiger partial charge < -0.3 is 33.9 Å². The van der Waals surface area contributed by atoms with Gasteiger partial charge in [0.15, 0.2) is 42.3 Å². The third-order valence-electron chi connectivity index (χ3n) is 11.9. The molecule has 7 aromatic rings. The number of benzene rings is 1. The highest BCUT2D eigenvalue weighted by Gasteiger charge is 2.36. The minimum atomic E-state index is -2.65. The minimum Gasteiger partial charge on any atom is -0.377 e. The lowest BCUT2D eigenvalue weighted by Gasteiger charge is -2.24. The summed E-state index contributed by atoms with van der Waals surface area (Å²) >= 11 is 5.69. The lowest BCUT2D eigenvalue weighted by Crippen LogP contribution is -2.43. The summed E-state index contributed by atoms with van der Waals surface area (Å²) < 4.78 is 22.8. The number of fused-ring (bicyclic) bond motifs is 8. The summed E-state index contributed by atoms with van der Waals surface area (Å²) in [5.74, 6) is 0. The fourth-order valence-electron chi connectivity index (χ4n) is 8.38. The molecule has 0 aliphatic carbocycles. The number of aromatic amines is 2. The van der Waals surface area contributed by atoms with E-state index in [-0.39, 0.29) is 0 Å². The third-order valence-corrected chi connectivity index (χ3v) is 14.9. The van der Waals surface area contributed by atoms with E-state index >= 15 is 0 Å². The molecule has 8 bridgehead atoms. The highest BCUT2D eigenvalue weighted by Crippen LogP contribution is 2.38. The average molecular weight is 899 g/mol. The Morgan fingerprint density at radius 3 is 1.20 bits per heavy atom. The highest BCUT2D eigenvalue weighted by molar-refractivity contribution is 7.80. The van der Waals surface area contributed by atoms with Gasteiger partial charge in [-0.15, -0.1) is 0 Å². The van der Waals surface area contributed by atoms with E-state index in [1.165, 1.54) is 0 Å². The quantitative estimate of drug-likeness (QED) is 0.0419. The van der Waals surface area contributed by atoms with E-state index in [1.54, 1.807) is 21.3 Å². The van der Waals surface area contributed by atoms with Crippen LogP contribution in [0, 0.1) is 0 Å². The van der Waals surface area contributed by atoms with Crippen molar-refractivity contribution in [3.63, 3.8) is 0 Å². The molecule has 65 heavy (non-hydrogen) atoms. The second kappa shape index (κ2) is 18.6. The summed E-state index contributed by atoms with van der Waals surface area (Å²) in [6.45, 7) is 0.643. The monoisotopic (exact) mass is 898 g/mol. The zero-order valence-electron chi connectivity index (χ0n) is 37.3. The van der Waals surface area contributed by atoms with Gasteiger partial charge in [-0.1, -0.05) is 12.1 Å². The maximum atomic E-state index is 5.69. The maximum Gasteiger partial charge on any atom is 0.500 e. The molecule has 6 aromatic heterocycles. The summed E-state index contributed by atoms with van der Waals surface area (Å²) in [7, 11) is 8.31. The third kappa shape index (κ3) is 9.07. The van der Waals surface area contributed by atoms with Crippen LogP contribution in [0.1, 0.15) is 29.2 Å². The van der Waals surface area contributed by atoms with Gasteiger partial charge in [0, 0.05) is 120 Å². The number of hydrogen-bond donors (Lipinski definition) is 4. The summed E-state index contributed by atoms with van der Waals surface area (Å²) in [6.07, 6.45) is 21.7. The first-order chi connectivity index (χ1) is 31.6. The minimum absolute atomic E-state index is 0.528. The second-order valence-electron chi connectivity index (χ2n) is 16.1. The molecule has 4 N–H and O–H groups in total. The Balaban J connectivity index is 1.23. The zero-order chi connectivity index (χ0) is 45.1. The predicted octanol–water partition coefficient (Wildman–Crippen LogP) is 8.35. The van der Waals surface area contributed by atoms with Crippen molar-refractivity contribution >= 4 is 78.2 Å². The Kier molecular flexibility index (Phi) is 12.4. The van der Waals surface area contributed by atoms with Crippen molar-refractivity contribution in [2.45, 2.75) is 12.5 Å². The lowest BCUT2D eigenvalue weighted by atomic mass is 10.0. The summed E-state index contributed by atoms with van der Waals surface area (Å²) in [4.78, 5) is 18.6. The van der Waals surface area contributed by atoms with Crippen LogP contribution in [0.3, 0.4) is 0 Å². The van der Waals surface area contributed by atoms with E-state index in [4.69, 9.17) is 35.5 Å². The number of thiocarbonyl (C=S) groups is 1. The van der Waals surface area contributed by atoms with Crippen LogP contribution in [-0.4, -0.2) is 61.7 Å². The average Bonchev–Trinajstić information content (AvgIpc) is 4.18. The van der Waals surface area contributed by atoms with Crippen molar-refractivity contribution < 1.29 is 27.0 Å². The molecular weight excluding hydrogens is 847 g/mol. The first kappa shape index (κ1) is 43.3. The number of nitrogens with one attached hydrogen (secondary N) is 4. The first-order valence-electron chi connectivity index (χ1n) is 21.5. The summed E-state index contributed by atoms with van der Waals surface area (Å²) in [6, 6.07) is 30.4. The van der Waals surface area contributed by atoms with E-state index in [0.717, 1.165) is 101 Å². The molecule has 326 valence electrons. The zero-order valence-corrected chi connectivity index (χ0v) is 39.2. The van der Waals surface area contributed by atoms with Crippen LogP contribution in [0.5, 0.6) is 0 Å². The number of aromatic nitrogens is 7. The molecule has 12 nitrogen and oxygen atoms in total. The smallest absolute Gasteiger partial charge is 0.377 e. The van der Waals surface area contributed by atoms with Crippen molar-refractivity contribution in [1.82, 2.24) is 25.3 Å². The standard InChI is InChI=1S/C51H50N9O3SSi/c1-58-27-20-35(21-28-58)48-41-14-12-39(54-41)47(34-8-10-38(11-9-34)53-51(64)52-26-7-33-65(61-4,62-5)63-6)40-13-15-42(55-40)49(36-22-29-59(2)30-23-36)44-17-19-46(57-44)50(45-18-16-43(48)56-45)37-24-31-60(3)32-25-37/h8-25,27-32H,7,26,33H2,1-6H3,(H2-,52,53,54,55,56,57,64)/q+1/p+2. The number of rotatable bonds is 12. The van der Waals surface area contributed by atoms with E-state index in [1.807, 2.05) is 47.0 Å². The molecule has 0 saturated carbocycles. The van der Waals surface area contributed by atoms with Crippen LogP contribution in [0.15, 0.2) is 122 Å². The Labute approximate surface area is 385 Å². The van der Waals surface area contributed by atoms with Gasteiger partial charge in [-0.05, 0) is 102 Å². The van der Waals surface area contributed by atoms with Gasteiger partial charge in [-0.25, -0.2) is 23.7 Å². The topological polar surface area (TPSA) is 121 Å². The maximum absolute atomic E-state index is 5.69. The van der Waals surface area contributed by atoms with Crippen molar-refractivity contribution in [3.8, 4) is 44.5 Å². The van der Waals surface area contributed by atoms with Gasteiger partial charge in [0.05, 0.1) is 22.8 Å². The van der Waals surface area contributed by atoms with Crippen LogP contribution in [0.25, 0.3) is 90.9 Å². The van der Waals surface area contributed by atoms with E-state index in [9.17, 15) is 0 Å². The number of nitrogens with zero attached hydrogens (tertiary/aromatic N) is 5. The number of anilines is 1. The fourth-order valence-corrected chi connectivity index (χ4v) is 10.3. The molecule has 0 radical (unpaired) electrons.